The maximum absolute atomic E-state index is 14.4. The van der Waals surface area contributed by atoms with E-state index in [2.05, 4.69) is 50.0 Å². The van der Waals surface area contributed by atoms with Crippen molar-refractivity contribution in [2.24, 2.45) is 28.7 Å². The third-order valence-electron chi connectivity index (χ3n) is 7.56. The van der Waals surface area contributed by atoms with E-state index in [4.69, 9.17) is 9.52 Å². The summed E-state index contributed by atoms with van der Waals surface area (Å²) in [6, 6.07) is 13.4. The zero-order chi connectivity index (χ0) is 25.7. The smallest absolute Gasteiger partial charge is 0.260 e. The standard InChI is InChI=1S/C30H35F2N3O/c1-5-10-22(19(3)6-2)15-20(4)25-17-33-18-26(28(25)21-11-8-7-9-12-21)30-34-29(35-36-30)24-16-23(31)13-14-27(24)32/h7-9,11-14,16,18-20,22,25H,5-6,10,15,17H2,1-4H3. The van der Waals surface area contributed by atoms with Gasteiger partial charge in [0.25, 0.3) is 5.89 Å². The van der Waals surface area contributed by atoms with Crippen LogP contribution in [0.1, 0.15) is 64.8 Å². The minimum absolute atomic E-state index is 0.0188. The van der Waals surface area contributed by atoms with Gasteiger partial charge in [-0.05, 0) is 53.5 Å². The maximum atomic E-state index is 14.4. The number of hydrogen-bond acceptors (Lipinski definition) is 4. The molecule has 0 N–H and O–H groups in total. The molecule has 0 radical (unpaired) electrons. The summed E-state index contributed by atoms with van der Waals surface area (Å²) in [5, 5.41) is 3.98. The minimum atomic E-state index is -0.600. The summed E-state index contributed by atoms with van der Waals surface area (Å²) in [5.41, 5.74) is 2.92. The highest BCUT2D eigenvalue weighted by atomic mass is 19.1. The van der Waals surface area contributed by atoms with Crippen LogP contribution in [0.4, 0.5) is 8.78 Å². The van der Waals surface area contributed by atoms with Crippen LogP contribution in [0.15, 0.2) is 58.0 Å². The van der Waals surface area contributed by atoms with Gasteiger partial charge in [0.1, 0.15) is 11.6 Å². The summed E-state index contributed by atoms with van der Waals surface area (Å²) in [7, 11) is 0. The van der Waals surface area contributed by atoms with Crippen LogP contribution < -0.4 is 0 Å². The molecule has 4 unspecified atom stereocenters. The van der Waals surface area contributed by atoms with Gasteiger partial charge in [-0.25, -0.2) is 8.78 Å². The second-order valence-electron chi connectivity index (χ2n) is 9.99. The van der Waals surface area contributed by atoms with Crippen molar-refractivity contribution in [3.63, 3.8) is 0 Å². The van der Waals surface area contributed by atoms with E-state index in [-0.39, 0.29) is 23.2 Å². The van der Waals surface area contributed by atoms with E-state index in [1.54, 1.807) is 6.21 Å². The number of aliphatic imine (C=N–C) groups is 1. The lowest BCUT2D eigenvalue weighted by Gasteiger charge is -2.33. The molecular formula is C30H35F2N3O. The third-order valence-corrected chi connectivity index (χ3v) is 7.56. The van der Waals surface area contributed by atoms with Gasteiger partial charge in [0.2, 0.25) is 5.82 Å². The topological polar surface area (TPSA) is 51.3 Å². The summed E-state index contributed by atoms with van der Waals surface area (Å²) in [6.07, 6.45) is 6.48. The fourth-order valence-corrected chi connectivity index (χ4v) is 5.33. The lowest BCUT2D eigenvalue weighted by atomic mass is 9.73. The molecule has 2 heterocycles. The summed E-state index contributed by atoms with van der Waals surface area (Å²) in [5.74, 6) is 1.02. The van der Waals surface area contributed by atoms with Gasteiger partial charge in [-0.2, -0.15) is 4.98 Å². The van der Waals surface area contributed by atoms with Gasteiger partial charge in [0.05, 0.1) is 11.1 Å². The zero-order valence-corrected chi connectivity index (χ0v) is 21.5. The molecule has 1 aromatic heterocycles. The second kappa shape index (κ2) is 11.7. The lowest BCUT2D eigenvalue weighted by Crippen LogP contribution is -2.25. The highest BCUT2D eigenvalue weighted by Crippen LogP contribution is 2.41. The first-order chi connectivity index (χ1) is 17.4. The zero-order valence-electron chi connectivity index (χ0n) is 21.5. The molecule has 0 aliphatic carbocycles. The van der Waals surface area contributed by atoms with Crippen LogP contribution in [0.3, 0.4) is 0 Å². The number of halogens is 2. The normalized spacial score (nSPS) is 18.3. The Morgan fingerprint density at radius 2 is 1.83 bits per heavy atom. The molecule has 3 aromatic rings. The van der Waals surface area contributed by atoms with E-state index in [0.29, 0.717) is 24.3 Å². The second-order valence-corrected chi connectivity index (χ2v) is 9.99. The van der Waals surface area contributed by atoms with E-state index in [1.165, 1.54) is 19.3 Å². The predicted molar refractivity (Wildman–Crippen MR) is 141 cm³/mol. The largest absolute Gasteiger partial charge is 0.334 e. The molecule has 0 fully saturated rings. The van der Waals surface area contributed by atoms with Crippen molar-refractivity contribution in [2.75, 3.05) is 6.54 Å². The quantitative estimate of drug-likeness (QED) is 0.288. The monoisotopic (exact) mass is 491 g/mol. The molecule has 36 heavy (non-hydrogen) atoms. The number of benzene rings is 2. The number of dihydropyridines is 1. The van der Waals surface area contributed by atoms with Crippen LogP contribution in [0, 0.1) is 35.3 Å². The first-order valence-corrected chi connectivity index (χ1v) is 13.0. The SMILES string of the molecule is CCCC(CC(C)C1CN=CC(c2nc(-c3cc(F)ccc3F)no2)=C1c1ccccc1)C(C)CC. The van der Waals surface area contributed by atoms with E-state index >= 15 is 0 Å². The number of allylic oxidation sites excluding steroid dienone is 1. The predicted octanol–water partition coefficient (Wildman–Crippen LogP) is 8.11. The van der Waals surface area contributed by atoms with Crippen molar-refractivity contribution in [2.45, 2.75) is 53.4 Å². The Balaban J connectivity index is 1.75. The maximum Gasteiger partial charge on any atom is 0.260 e. The summed E-state index contributed by atoms with van der Waals surface area (Å²) in [6.45, 7) is 9.89. The van der Waals surface area contributed by atoms with E-state index < -0.39 is 11.6 Å². The molecule has 4 rings (SSSR count). The average molecular weight is 492 g/mol. The summed E-state index contributed by atoms with van der Waals surface area (Å²) in [4.78, 5) is 9.17. The highest BCUT2D eigenvalue weighted by Gasteiger charge is 2.32. The number of hydrogen-bond donors (Lipinski definition) is 0. The van der Waals surface area contributed by atoms with Gasteiger partial charge in [0, 0.05) is 18.7 Å². The van der Waals surface area contributed by atoms with E-state index in [0.717, 1.165) is 41.3 Å². The van der Waals surface area contributed by atoms with Gasteiger partial charge < -0.3 is 4.52 Å². The molecule has 2 aromatic carbocycles. The molecular weight excluding hydrogens is 456 g/mol. The van der Waals surface area contributed by atoms with Crippen LogP contribution in [0.2, 0.25) is 0 Å². The van der Waals surface area contributed by atoms with Crippen molar-refractivity contribution < 1.29 is 13.3 Å². The van der Waals surface area contributed by atoms with Crippen molar-refractivity contribution in [1.82, 2.24) is 10.1 Å². The Hall–Kier alpha value is -3.15. The average Bonchev–Trinajstić information content (AvgIpc) is 3.39. The molecule has 1 aliphatic heterocycles. The van der Waals surface area contributed by atoms with Gasteiger partial charge in [0.15, 0.2) is 0 Å². The number of nitrogens with zero attached hydrogens (tertiary/aromatic N) is 3. The Kier molecular flexibility index (Phi) is 8.44. The minimum Gasteiger partial charge on any atom is -0.334 e. The number of aromatic nitrogens is 2. The lowest BCUT2D eigenvalue weighted by molar-refractivity contribution is 0.244. The Morgan fingerprint density at radius 1 is 1.06 bits per heavy atom. The first-order valence-electron chi connectivity index (χ1n) is 13.0. The van der Waals surface area contributed by atoms with Crippen LogP contribution in [0.5, 0.6) is 0 Å². The van der Waals surface area contributed by atoms with Crippen LogP contribution in [-0.2, 0) is 0 Å². The molecule has 6 heteroatoms. The Bertz CT molecular complexity index is 1220. The molecule has 0 bridgehead atoms. The van der Waals surface area contributed by atoms with Crippen molar-refractivity contribution >= 4 is 17.4 Å². The van der Waals surface area contributed by atoms with Crippen LogP contribution >= 0.6 is 0 Å². The first kappa shape index (κ1) is 25.9. The van der Waals surface area contributed by atoms with Crippen LogP contribution in [-0.4, -0.2) is 22.9 Å². The Labute approximate surface area is 212 Å². The molecule has 0 saturated heterocycles. The summed E-state index contributed by atoms with van der Waals surface area (Å²) >= 11 is 0. The van der Waals surface area contributed by atoms with Crippen molar-refractivity contribution in [3.05, 3.63) is 71.6 Å². The fraction of sp³-hybridized carbons (Fsp3) is 0.433. The van der Waals surface area contributed by atoms with Gasteiger partial charge in [-0.15, -0.1) is 0 Å². The molecule has 0 amide bonds. The van der Waals surface area contributed by atoms with Gasteiger partial charge >= 0.3 is 0 Å². The summed E-state index contributed by atoms with van der Waals surface area (Å²) < 4.78 is 33.8. The third kappa shape index (κ3) is 5.63. The number of rotatable bonds is 10. The van der Waals surface area contributed by atoms with Gasteiger partial charge in [-0.1, -0.05) is 82.4 Å². The molecule has 4 atom stereocenters. The molecule has 1 aliphatic rings. The molecule has 4 nitrogen and oxygen atoms in total. The van der Waals surface area contributed by atoms with Gasteiger partial charge in [-0.3, -0.25) is 4.99 Å². The van der Waals surface area contributed by atoms with E-state index in [9.17, 15) is 8.78 Å². The fourth-order valence-electron chi connectivity index (χ4n) is 5.33. The van der Waals surface area contributed by atoms with Crippen molar-refractivity contribution in [1.29, 1.82) is 0 Å². The Morgan fingerprint density at radius 3 is 2.56 bits per heavy atom. The van der Waals surface area contributed by atoms with Crippen molar-refractivity contribution in [3.8, 4) is 11.4 Å². The van der Waals surface area contributed by atoms with E-state index in [1.807, 2.05) is 18.2 Å². The molecule has 0 spiro atoms. The molecule has 0 saturated carbocycles. The van der Waals surface area contributed by atoms with Crippen LogP contribution in [0.25, 0.3) is 22.5 Å². The molecule has 190 valence electrons. The highest BCUT2D eigenvalue weighted by molar-refractivity contribution is 6.19.